The van der Waals surface area contributed by atoms with Gasteiger partial charge in [0, 0.05) is 43.5 Å². The van der Waals surface area contributed by atoms with Crippen molar-refractivity contribution in [2.45, 2.75) is 57.9 Å². The standard InChI is InChI=1S/C23H32N4O6S/c1-17(33-34(2,29)30)9-13-31-11-5-10-26-16-18(15-24-26)23-20-14-19(28)7-8-21(20)27(25-23)22-6-3-4-12-32-22/h7-8,14-17,22,28H,3-6,9-13H2,1-2H3. The third kappa shape index (κ3) is 6.35. The molecule has 3 heterocycles. The van der Waals surface area contributed by atoms with Crippen LogP contribution in [-0.2, 0) is 30.3 Å². The van der Waals surface area contributed by atoms with E-state index in [0.29, 0.717) is 26.2 Å². The molecule has 0 saturated carbocycles. The predicted octanol–water partition coefficient (Wildman–Crippen LogP) is 3.47. The summed E-state index contributed by atoms with van der Waals surface area (Å²) in [7, 11) is -3.44. The summed E-state index contributed by atoms with van der Waals surface area (Å²) in [5, 5.41) is 20.2. The second-order valence-electron chi connectivity index (χ2n) is 8.67. The lowest BCUT2D eigenvalue weighted by atomic mass is 10.1. The Labute approximate surface area is 199 Å². The second-order valence-corrected chi connectivity index (χ2v) is 10.3. The van der Waals surface area contributed by atoms with Crippen LogP contribution in [0, 0.1) is 0 Å². The lowest BCUT2D eigenvalue weighted by molar-refractivity contribution is -0.0365. The Bertz CT molecular complexity index is 1200. The van der Waals surface area contributed by atoms with Gasteiger partial charge in [-0.2, -0.15) is 18.6 Å². The van der Waals surface area contributed by atoms with Crippen molar-refractivity contribution < 1.29 is 27.2 Å². The summed E-state index contributed by atoms with van der Waals surface area (Å²) in [5.74, 6) is 0.193. The number of aryl methyl sites for hydroxylation is 1. The van der Waals surface area contributed by atoms with Gasteiger partial charge in [0.2, 0.25) is 0 Å². The molecule has 2 unspecified atom stereocenters. The second kappa shape index (κ2) is 10.9. The number of benzene rings is 1. The monoisotopic (exact) mass is 492 g/mol. The number of aromatic nitrogens is 4. The van der Waals surface area contributed by atoms with Crippen LogP contribution in [0.4, 0.5) is 0 Å². The van der Waals surface area contributed by atoms with Gasteiger partial charge >= 0.3 is 0 Å². The fraction of sp³-hybridized carbons (Fsp3) is 0.565. The van der Waals surface area contributed by atoms with E-state index in [4.69, 9.17) is 18.8 Å². The van der Waals surface area contributed by atoms with Gasteiger partial charge in [-0.1, -0.05) is 0 Å². The average molecular weight is 493 g/mol. The van der Waals surface area contributed by atoms with Crippen LogP contribution in [0.2, 0.25) is 0 Å². The lowest BCUT2D eigenvalue weighted by Gasteiger charge is -2.23. The first-order valence-corrected chi connectivity index (χ1v) is 13.4. The van der Waals surface area contributed by atoms with Gasteiger partial charge in [-0.3, -0.25) is 8.86 Å². The van der Waals surface area contributed by atoms with Gasteiger partial charge < -0.3 is 14.6 Å². The highest BCUT2D eigenvalue weighted by atomic mass is 32.2. The Morgan fingerprint density at radius 1 is 1.29 bits per heavy atom. The maximum Gasteiger partial charge on any atom is 0.264 e. The minimum absolute atomic E-state index is 0.104. The van der Waals surface area contributed by atoms with E-state index in [9.17, 15) is 13.5 Å². The Morgan fingerprint density at radius 2 is 2.15 bits per heavy atom. The molecule has 1 aromatic carbocycles. The number of rotatable bonds is 11. The Kier molecular flexibility index (Phi) is 7.87. The molecule has 1 aliphatic rings. The molecule has 2 atom stereocenters. The largest absolute Gasteiger partial charge is 0.508 e. The SMILES string of the molecule is CC(CCOCCCn1cc(-c2nn(C3CCCCO3)c3ccc(O)cc23)cn1)OS(C)(=O)=O. The lowest BCUT2D eigenvalue weighted by Crippen LogP contribution is -2.19. The zero-order valence-corrected chi connectivity index (χ0v) is 20.4. The van der Waals surface area contributed by atoms with Crippen molar-refractivity contribution in [3.8, 4) is 17.0 Å². The molecule has 1 aliphatic heterocycles. The number of hydrogen-bond acceptors (Lipinski definition) is 8. The summed E-state index contributed by atoms with van der Waals surface area (Å²) in [6, 6.07) is 5.28. The molecule has 0 bridgehead atoms. The molecular formula is C23H32N4O6S. The van der Waals surface area contributed by atoms with E-state index in [1.54, 1.807) is 25.3 Å². The van der Waals surface area contributed by atoms with Crippen LogP contribution in [0.15, 0.2) is 30.6 Å². The molecule has 34 heavy (non-hydrogen) atoms. The molecule has 1 N–H and O–H groups in total. The molecule has 186 valence electrons. The Balaban J connectivity index is 1.35. The van der Waals surface area contributed by atoms with Crippen LogP contribution >= 0.6 is 0 Å². The van der Waals surface area contributed by atoms with E-state index in [1.165, 1.54) is 0 Å². The highest BCUT2D eigenvalue weighted by Gasteiger charge is 2.22. The minimum Gasteiger partial charge on any atom is -0.508 e. The molecule has 3 aromatic rings. The van der Waals surface area contributed by atoms with Crippen molar-refractivity contribution in [2.75, 3.05) is 26.1 Å². The maximum absolute atomic E-state index is 11.1. The average Bonchev–Trinajstić information content (AvgIpc) is 3.40. The van der Waals surface area contributed by atoms with Crippen molar-refractivity contribution in [3.63, 3.8) is 0 Å². The van der Waals surface area contributed by atoms with E-state index in [2.05, 4.69) is 5.10 Å². The predicted molar refractivity (Wildman–Crippen MR) is 127 cm³/mol. The number of ether oxygens (including phenoxy) is 2. The molecule has 1 fully saturated rings. The number of fused-ring (bicyclic) bond motifs is 1. The molecule has 2 aromatic heterocycles. The van der Waals surface area contributed by atoms with Gasteiger partial charge in [-0.25, -0.2) is 4.68 Å². The van der Waals surface area contributed by atoms with Crippen LogP contribution in [-0.4, -0.2) is 65.3 Å². The van der Waals surface area contributed by atoms with Gasteiger partial charge in [0.1, 0.15) is 11.4 Å². The molecule has 0 amide bonds. The van der Waals surface area contributed by atoms with Crippen molar-refractivity contribution in [2.24, 2.45) is 0 Å². The van der Waals surface area contributed by atoms with Gasteiger partial charge in [0.25, 0.3) is 10.1 Å². The third-order valence-corrected chi connectivity index (χ3v) is 6.39. The molecule has 0 spiro atoms. The number of aromatic hydroxyl groups is 1. The summed E-state index contributed by atoms with van der Waals surface area (Å²) < 4.78 is 42.4. The van der Waals surface area contributed by atoms with Gasteiger partial charge in [-0.05, 0) is 57.2 Å². The number of nitrogens with zero attached hydrogens (tertiary/aromatic N) is 4. The highest BCUT2D eigenvalue weighted by Crippen LogP contribution is 2.34. The highest BCUT2D eigenvalue weighted by molar-refractivity contribution is 7.86. The Hall–Kier alpha value is -2.47. The van der Waals surface area contributed by atoms with Crippen molar-refractivity contribution >= 4 is 21.0 Å². The quantitative estimate of drug-likeness (QED) is 0.319. The van der Waals surface area contributed by atoms with Crippen LogP contribution in [0.25, 0.3) is 22.2 Å². The number of phenols is 1. The summed E-state index contributed by atoms with van der Waals surface area (Å²) >= 11 is 0. The van der Waals surface area contributed by atoms with Crippen molar-refractivity contribution in [3.05, 3.63) is 30.6 Å². The van der Waals surface area contributed by atoms with Crippen LogP contribution in [0.3, 0.4) is 0 Å². The van der Waals surface area contributed by atoms with Crippen LogP contribution in [0.1, 0.15) is 45.3 Å². The molecule has 0 radical (unpaired) electrons. The van der Waals surface area contributed by atoms with E-state index in [-0.39, 0.29) is 12.0 Å². The summed E-state index contributed by atoms with van der Waals surface area (Å²) in [6.45, 7) is 4.07. The first-order chi connectivity index (χ1) is 16.3. The first kappa shape index (κ1) is 24.6. The topological polar surface area (TPSA) is 118 Å². The molecule has 11 heteroatoms. The molecule has 0 aliphatic carbocycles. The zero-order chi connectivity index (χ0) is 24.1. The summed E-state index contributed by atoms with van der Waals surface area (Å²) in [5.41, 5.74) is 2.56. The fourth-order valence-corrected chi connectivity index (χ4v) is 4.81. The van der Waals surface area contributed by atoms with Crippen molar-refractivity contribution in [1.29, 1.82) is 0 Å². The molecule has 10 nitrogen and oxygen atoms in total. The van der Waals surface area contributed by atoms with Gasteiger partial charge in [-0.15, -0.1) is 0 Å². The third-order valence-electron chi connectivity index (χ3n) is 5.71. The van der Waals surface area contributed by atoms with E-state index in [0.717, 1.165) is 60.7 Å². The number of phenolic OH excluding ortho intramolecular Hbond substituents is 1. The van der Waals surface area contributed by atoms with E-state index >= 15 is 0 Å². The van der Waals surface area contributed by atoms with Gasteiger partial charge in [0.05, 0.1) is 24.1 Å². The van der Waals surface area contributed by atoms with Crippen LogP contribution in [0.5, 0.6) is 5.75 Å². The maximum atomic E-state index is 11.1. The molecular weight excluding hydrogens is 460 g/mol. The summed E-state index contributed by atoms with van der Waals surface area (Å²) in [4.78, 5) is 0. The zero-order valence-electron chi connectivity index (χ0n) is 19.6. The van der Waals surface area contributed by atoms with Gasteiger partial charge in [0.15, 0.2) is 6.23 Å². The van der Waals surface area contributed by atoms with E-state index in [1.807, 2.05) is 21.6 Å². The molecule has 1 saturated heterocycles. The first-order valence-electron chi connectivity index (χ1n) is 11.6. The fourth-order valence-electron chi connectivity index (χ4n) is 4.11. The minimum atomic E-state index is -3.44. The summed E-state index contributed by atoms with van der Waals surface area (Å²) in [6.07, 6.45) is 8.60. The van der Waals surface area contributed by atoms with E-state index < -0.39 is 16.2 Å². The Morgan fingerprint density at radius 3 is 2.91 bits per heavy atom. The normalized spacial score (nSPS) is 17.9. The smallest absolute Gasteiger partial charge is 0.264 e. The van der Waals surface area contributed by atoms with Crippen LogP contribution < -0.4 is 0 Å². The number of hydrogen-bond donors (Lipinski definition) is 1. The molecule has 4 rings (SSSR count). The van der Waals surface area contributed by atoms with Crippen molar-refractivity contribution in [1.82, 2.24) is 19.6 Å².